The maximum atomic E-state index is 4.28. The lowest BCUT2D eigenvalue weighted by atomic mass is 10.2. The smallest absolute Gasteiger partial charge is 0.0522 e. The number of fused-ring (bicyclic) bond motifs is 3. The van der Waals surface area contributed by atoms with Gasteiger partial charge < -0.3 is 9.47 Å². The maximum Gasteiger partial charge on any atom is 0.0522 e. The van der Waals surface area contributed by atoms with E-state index in [9.17, 15) is 0 Å². The highest BCUT2D eigenvalue weighted by Gasteiger charge is 2.10. The van der Waals surface area contributed by atoms with Crippen molar-refractivity contribution in [3.05, 3.63) is 42.7 Å². The van der Waals surface area contributed by atoms with Crippen LogP contribution in [0.2, 0.25) is 0 Å². The lowest BCUT2D eigenvalue weighted by molar-refractivity contribution is 0.293. The van der Waals surface area contributed by atoms with Gasteiger partial charge in [-0.1, -0.05) is 32.0 Å². The zero-order chi connectivity index (χ0) is 13.9. The Morgan fingerprint density at radius 2 is 1.71 bits per heavy atom. The Hall–Kier alpha value is -1.58. The molecule has 3 rings (SSSR count). The highest BCUT2D eigenvalue weighted by Crippen LogP contribution is 2.27. The van der Waals surface area contributed by atoms with Gasteiger partial charge in [-0.05, 0) is 25.2 Å². The summed E-state index contributed by atoms with van der Waals surface area (Å²) in [5, 5.41) is 2.55. The van der Waals surface area contributed by atoms with Crippen LogP contribution < -0.4 is 0 Å². The molecule has 0 unspecified atom stereocenters. The van der Waals surface area contributed by atoms with Crippen LogP contribution in [0.3, 0.4) is 0 Å². The highest BCUT2D eigenvalue weighted by molar-refractivity contribution is 6.07. The quantitative estimate of drug-likeness (QED) is 0.711. The molecular weight excluding hydrogens is 282 g/mol. The number of hydrogen-bond acceptors (Lipinski definition) is 2. The van der Waals surface area contributed by atoms with Crippen LogP contribution in [-0.4, -0.2) is 34.1 Å². The van der Waals surface area contributed by atoms with E-state index in [1.807, 2.05) is 12.4 Å². The first-order valence-electron chi connectivity index (χ1n) is 7.38. The van der Waals surface area contributed by atoms with Gasteiger partial charge in [0.05, 0.1) is 5.52 Å². The minimum absolute atomic E-state index is 0. The van der Waals surface area contributed by atoms with Crippen LogP contribution in [-0.2, 0) is 6.54 Å². The minimum atomic E-state index is 0. The van der Waals surface area contributed by atoms with Gasteiger partial charge in [-0.15, -0.1) is 12.4 Å². The molecular formula is C17H22ClN3. The molecule has 3 aromatic rings. The Balaban J connectivity index is 0.00000161. The molecule has 0 saturated heterocycles. The Morgan fingerprint density at radius 1 is 1.00 bits per heavy atom. The summed E-state index contributed by atoms with van der Waals surface area (Å²) in [5.41, 5.74) is 2.59. The minimum Gasteiger partial charge on any atom is -0.339 e. The van der Waals surface area contributed by atoms with Gasteiger partial charge in [0.25, 0.3) is 0 Å². The number of nitrogens with zero attached hydrogens (tertiary/aromatic N) is 3. The molecule has 0 saturated carbocycles. The van der Waals surface area contributed by atoms with Crippen molar-refractivity contribution in [2.24, 2.45) is 0 Å². The van der Waals surface area contributed by atoms with E-state index in [1.165, 1.54) is 21.8 Å². The molecule has 0 aliphatic carbocycles. The molecule has 0 atom stereocenters. The first-order chi connectivity index (χ1) is 9.85. The molecule has 4 heteroatoms. The zero-order valence-corrected chi connectivity index (χ0v) is 13.4. The maximum absolute atomic E-state index is 4.28. The van der Waals surface area contributed by atoms with Crippen LogP contribution in [0.15, 0.2) is 42.7 Å². The van der Waals surface area contributed by atoms with Gasteiger partial charge in [-0.2, -0.15) is 0 Å². The van der Waals surface area contributed by atoms with Gasteiger partial charge in [0.1, 0.15) is 0 Å². The predicted octanol–water partition coefficient (Wildman–Crippen LogP) is 3.95. The van der Waals surface area contributed by atoms with Crippen molar-refractivity contribution in [2.75, 3.05) is 19.6 Å². The van der Waals surface area contributed by atoms with Crippen molar-refractivity contribution in [1.29, 1.82) is 0 Å². The zero-order valence-electron chi connectivity index (χ0n) is 12.6. The van der Waals surface area contributed by atoms with Crippen LogP contribution >= 0.6 is 12.4 Å². The molecule has 0 bridgehead atoms. The van der Waals surface area contributed by atoms with E-state index in [0.717, 1.165) is 26.2 Å². The fourth-order valence-corrected chi connectivity index (χ4v) is 2.92. The standard InChI is InChI=1S/C17H21N3.ClH/c1-3-19(4-2)11-12-20-16-8-6-5-7-14(16)15-13-18-10-9-17(15)20;/h5-10,13H,3-4,11-12H2,1-2H3;1H. The summed E-state index contributed by atoms with van der Waals surface area (Å²) in [4.78, 5) is 6.74. The molecule has 3 nitrogen and oxygen atoms in total. The first kappa shape index (κ1) is 15.8. The summed E-state index contributed by atoms with van der Waals surface area (Å²) in [7, 11) is 0. The second-order valence-electron chi connectivity index (χ2n) is 5.09. The normalized spacial score (nSPS) is 11.2. The van der Waals surface area contributed by atoms with Crippen molar-refractivity contribution in [1.82, 2.24) is 14.5 Å². The van der Waals surface area contributed by atoms with E-state index in [1.54, 1.807) is 0 Å². The second-order valence-corrected chi connectivity index (χ2v) is 5.09. The van der Waals surface area contributed by atoms with Crippen molar-refractivity contribution in [3.8, 4) is 0 Å². The summed E-state index contributed by atoms with van der Waals surface area (Å²) in [6, 6.07) is 10.7. The Kier molecular flexibility index (Phi) is 5.21. The fraction of sp³-hybridized carbons (Fsp3) is 0.353. The number of halogens is 1. The Labute approximate surface area is 132 Å². The molecule has 21 heavy (non-hydrogen) atoms. The lowest BCUT2D eigenvalue weighted by Crippen LogP contribution is -2.26. The van der Waals surface area contributed by atoms with Gasteiger partial charge in [0.2, 0.25) is 0 Å². The average Bonchev–Trinajstić information content (AvgIpc) is 2.83. The van der Waals surface area contributed by atoms with E-state index < -0.39 is 0 Å². The lowest BCUT2D eigenvalue weighted by Gasteiger charge is -2.19. The first-order valence-corrected chi connectivity index (χ1v) is 7.38. The van der Waals surface area contributed by atoms with Crippen molar-refractivity contribution in [2.45, 2.75) is 20.4 Å². The van der Waals surface area contributed by atoms with Crippen molar-refractivity contribution >= 4 is 34.2 Å². The van der Waals surface area contributed by atoms with E-state index in [-0.39, 0.29) is 12.4 Å². The number of aromatic nitrogens is 2. The third kappa shape index (κ3) is 2.89. The summed E-state index contributed by atoms with van der Waals surface area (Å²) < 4.78 is 2.42. The molecule has 0 aliphatic rings. The molecule has 0 fully saturated rings. The number of rotatable bonds is 5. The largest absolute Gasteiger partial charge is 0.339 e. The molecule has 2 heterocycles. The molecule has 0 N–H and O–H groups in total. The average molecular weight is 304 g/mol. The number of hydrogen-bond donors (Lipinski definition) is 0. The Morgan fingerprint density at radius 3 is 2.48 bits per heavy atom. The number of likely N-dealkylation sites (N-methyl/N-ethyl adjacent to an activating group) is 1. The van der Waals surface area contributed by atoms with Gasteiger partial charge in [0.15, 0.2) is 0 Å². The van der Waals surface area contributed by atoms with Crippen LogP contribution in [0.5, 0.6) is 0 Å². The van der Waals surface area contributed by atoms with E-state index in [2.05, 4.69) is 58.6 Å². The molecule has 0 aliphatic heterocycles. The molecule has 1 aromatic carbocycles. The van der Waals surface area contributed by atoms with Crippen LogP contribution in [0, 0.1) is 0 Å². The number of benzene rings is 1. The highest BCUT2D eigenvalue weighted by atomic mass is 35.5. The van der Waals surface area contributed by atoms with E-state index in [4.69, 9.17) is 0 Å². The van der Waals surface area contributed by atoms with Gasteiger partial charge in [-0.25, -0.2) is 0 Å². The molecule has 112 valence electrons. The molecule has 0 spiro atoms. The summed E-state index contributed by atoms with van der Waals surface area (Å²) in [5.74, 6) is 0. The van der Waals surface area contributed by atoms with E-state index in [0.29, 0.717) is 0 Å². The number of para-hydroxylation sites is 1. The second kappa shape index (κ2) is 6.92. The molecule has 2 aromatic heterocycles. The van der Waals surface area contributed by atoms with Gasteiger partial charge >= 0.3 is 0 Å². The monoisotopic (exact) mass is 303 g/mol. The van der Waals surface area contributed by atoms with E-state index >= 15 is 0 Å². The third-order valence-electron chi connectivity index (χ3n) is 4.11. The van der Waals surface area contributed by atoms with Gasteiger partial charge in [0, 0.05) is 41.8 Å². The summed E-state index contributed by atoms with van der Waals surface area (Å²) >= 11 is 0. The molecule has 0 radical (unpaired) electrons. The van der Waals surface area contributed by atoms with Crippen LogP contribution in [0.1, 0.15) is 13.8 Å². The van der Waals surface area contributed by atoms with Gasteiger partial charge in [-0.3, -0.25) is 4.98 Å². The SMILES string of the molecule is CCN(CC)CCn1c2ccccc2c2cnccc21.Cl. The van der Waals surface area contributed by atoms with Crippen LogP contribution in [0.25, 0.3) is 21.8 Å². The topological polar surface area (TPSA) is 21.1 Å². The third-order valence-corrected chi connectivity index (χ3v) is 4.11. The number of pyridine rings is 1. The van der Waals surface area contributed by atoms with Crippen LogP contribution in [0.4, 0.5) is 0 Å². The summed E-state index contributed by atoms with van der Waals surface area (Å²) in [6.07, 6.45) is 3.86. The fourth-order valence-electron chi connectivity index (χ4n) is 2.92. The molecule has 0 amide bonds. The van der Waals surface area contributed by atoms with Crippen molar-refractivity contribution in [3.63, 3.8) is 0 Å². The summed E-state index contributed by atoms with van der Waals surface area (Å²) in [6.45, 7) is 8.77. The predicted molar refractivity (Wildman–Crippen MR) is 92.3 cm³/mol. The van der Waals surface area contributed by atoms with Crippen molar-refractivity contribution < 1.29 is 0 Å². The Bertz CT molecular complexity index is 663.